The second-order valence-corrected chi connectivity index (χ2v) is 7.89. The SMILES string of the molecule is N#Cc1ccc(-c2cnn(CC3(F)CCCC3)c2)c(-c2ccn3nc(CO)nc3c2)n1. The van der Waals surface area contributed by atoms with E-state index in [2.05, 4.69) is 26.2 Å². The van der Waals surface area contributed by atoms with Gasteiger partial charge in [0.1, 0.15) is 24.0 Å². The van der Waals surface area contributed by atoms with Crippen LogP contribution in [0, 0.1) is 11.3 Å². The van der Waals surface area contributed by atoms with Crippen LogP contribution in [0.5, 0.6) is 0 Å². The van der Waals surface area contributed by atoms with Gasteiger partial charge in [-0.1, -0.05) is 12.8 Å². The first kappa shape index (κ1) is 19.3. The quantitative estimate of drug-likeness (QED) is 0.534. The number of aliphatic hydroxyl groups is 1. The summed E-state index contributed by atoms with van der Waals surface area (Å²) in [5, 5.41) is 27.2. The molecule has 4 heterocycles. The summed E-state index contributed by atoms with van der Waals surface area (Å²) in [7, 11) is 0. The van der Waals surface area contributed by atoms with Crippen molar-refractivity contribution >= 4 is 5.65 Å². The zero-order valence-electron chi connectivity index (χ0n) is 16.7. The molecule has 0 atom stereocenters. The maximum Gasteiger partial charge on any atom is 0.177 e. The number of pyridine rings is 2. The first-order valence-electron chi connectivity index (χ1n) is 10.2. The number of nitriles is 1. The third-order valence-electron chi connectivity index (χ3n) is 5.70. The van der Waals surface area contributed by atoms with E-state index in [0.717, 1.165) is 29.5 Å². The van der Waals surface area contributed by atoms with Crippen LogP contribution in [0.25, 0.3) is 28.0 Å². The van der Waals surface area contributed by atoms with Crippen molar-refractivity contribution in [2.45, 2.75) is 44.5 Å². The minimum absolute atomic E-state index is 0.238. The lowest BCUT2D eigenvalue weighted by atomic mass is 10.0. The van der Waals surface area contributed by atoms with Gasteiger partial charge < -0.3 is 5.11 Å². The molecule has 4 aromatic heterocycles. The third kappa shape index (κ3) is 3.66. The van der Waals surface area contributed by atoms with Gasteiger partial charge in [-0.15, -0.1) is 5.10 Å². The highest BCUT2D eigenvalue weighted by atomic mass is 19.1. The normalized spacial score (nSPS) is 15.4. The molecule has 4 aromatic rings. The lowest BCUT2D eigenvalue weighted by Gasteiger charge is -2.18. The molecule has 0 bridgehead atoms. The minimum Gasteiger partial charge on any atom is -0.388 e. The first-order chi connectivity index (χ1) is 15.1. The molecule has 0 aromatic carbocycles. The number of aromatic nitrogens is 6. The fourth-order valence-corrected chi connectivity index (χ4v) is 4.16. The second-order valence-electron chi connectivity index (χ2n) is 7.89. The average molecular weight is 417 g/mol. The van der Waals surface area contributed by atoms with Gasteiger partial charge in [0, 0.05) is 29.1 Å². The predicted octanol–water partition coefficient (Wildman–Crippen LogP) is 3.30. The van der Waals surface area contributed by atoms with E-state index < -0.39 is 5.67 Å². The van der Waals surface area contributed by atoms with E-state index in [4.69, 9.17) is 0 Å². The van der Waals surface area contributed by atoms with Gasteiger partial charge in [0.05, 0.1) is 18.4 Å². The fraction of sp³-hybridized carbons (Fsp3) is 0.318. The van der Waals surface area contributed by atoms with Crippen LogP contribution in [0.15, 0.2) is 42.9 Å². The monoisotopic (exact) mass is 417 g/mol. The molecule has 5 rings (SSSR count). The Morgan fingerprint density at radius 3 is 2.77 bits per heavy atom. The zero-order valence-corrected chi connectivity index (χ0v) is 16.7. The summed E-state index contributed by atoms with van der Waals surface area (Å²) in [6, 6.07) is 9.20. The number of halogens is 1. The van der Waals surface area contributed by atoms with Crippen molar-refractivity contribution in [3.63, 3.8) is 0 Å². The molecule has 31 heavy (non-hydrogen) atoms. The molecular weight excluding hydrogens is 397 g/mol. The van der Waals surface area contributed by atoms with Gasteiger partial charge in [-0.2, -0.15) is 10.4 Å². The summed E-state index contributed by atoms with van der Waals surface area (Å²) >= 11 is 0. The van der Waals surface area contributed by atoms with E-state index in [1.807, 2.05) is 18.3 Å². The van der Waals surface area contributed by atoms with E-state index in [1.54, 1.807) is 33.7 Å². The highest BCUT2D eigenvalue weighted by molar-refractivity contribution is 5.81. The van der Waals surface area contributed by atoms with Crippen LogP contribution in [0.1, 0.15) is 37.2 Å². The van der Waals surface area contributed by atoms with E-state index in [1.165, 1.54) is 0 Å². The molecule has 1 saturated carbocycles. The number of alkyl halides is 1. The molecular formula is C22H20FN7O. The van der Waals surface area contributed by atoms with E-state index >= 15 is 0 Å². The summed E-state index contributed by atoms with van der Waals surface area (Å²) in [5.74, 6) is 0.324. The molecule has 1 fully saturated rings. The van der Waals surface area contributed by atoms with Crippen LogP contribution in [-0.2, 0) is 13.2 Å². The lowest BCUT2D eigenvalue weighted by Crippen LogP contribution is -2.25. The summed E-state index contributed by atoms with van der Waals surface area (Å²) < 4.78 is 18.1. The maximum absolute atomic E-state index is 14.9. The third-order valence-corrected chi connectivity index (χ3v) is 5.70. The topological polar surface area (TPSA) is 105 Å². The maximum atomic E-state index is 14.9. The van der Waals surface area contributed by atoms with E-state index in [0.29, 0.717) is 30.0 Å². The number of aliphatic hydroxyl groups excluding tert-OH is 1. The summed E-state index contributed by atoms with van der Waals surface area (Å²) in [4.78, 5) is 8.80. The lowest BCUT2D eigenvalue weighted by molar-refractivity contribution is 0.139. The summed E-state index contributed by atoms with van der Waals surface area (Å²) in [6.45, 7) is -0.0125. The van der Waals surface area contributed by atoms with Crippen LogP contribution in [0.3, 0.4) is 0 Å². The predicted molar refractivity (Wildman–Crippen MR) is 110 cm³/mol. The van der Waals surface area contributed by atoms with Gasteiger partial charge in [-0.3, -0.25) is 4.68 Å². The van der Waals surface area contributed by atoms with Crippen molar-refractivity contribution in [3.8, 4) is 28.5 Å². The number of hydrogen-bond donors (Lipinski definition) is 1. The van der Waals surface area contributed by atoms with Crippen molar-refractivity contribution in [2.75, 3.05) is 0 Å². The number of nitrogens with zero attached hydrogens (tertiary/aromatic N) is 7. The summed E-state index contributed by atoms with van der Waals surface area (Å²) in [5.41, 5.74) is 2.59. The molecule has 156 valence electrons. The van der Waals surface area contributed by atoms with Crippen molar-refractivity contribution < 1.29 is 9.50 Å². The molecule has 0 aliphatic heterocycles. The molecule has 8 nitrogen and oxygen atoms in total. The van der Waals surface area contributed by atoms with E-state index in [-0.39, 0.29) is 18.8 Å². The zero-order chi connectivity index (χ0) is 21.4. The Balaban J connectivity index is 1.55. The molecule has 0 radical (unpaired) electrons. The van der Waals surface area contributed by atoms with Gasteiger partial charge >= 0.3 is 0 Å². The number of rotatable bonds is 5. The van der Waals surface area contributed by atoms with Crippen molar-refractivity contribution in [1.82, 2.24) is 29.4 Å². The minimum atomic E-state index is -1.20. The highest BCUT2D eigenvalue weighted by Gasteiger charge is 2.34. The van der Waals surface area contributed by atoms with Crippen LogP contribution < -0.4 is 0 Å². The summed E-state index contributed by atoms with van der Waals surface area (Å²) in [6.07, 6.45) is 8.22. The fourth-order valence-electron chi connectivity index (χ4n) is 4.16. The van der Waals surface area contributed by atoms with Gasteiger partial charge in [0.15, 0.2) is 11.5 Å². The van der Waals surface area contributed by atoms with Gasteiger partial charge in [0.25, 0.3) is 0 Å². The Kier molecular flexibility index (Phi) is 4.71. The Morgan fingerprint density at radius 1 is 1.16 bits per heavy atom. The second kappa shape index (κ2) is 7.56. The molecule has 1 N–H and O–H groups in total. The van der Waals surface area contributed by atoms with Gasteiger partial charge in [-0.25, -0.2) is 18.9 Å². The van der Waals surface area contributed by atoms with Crippen LogP contribution in [0.4, 0.5) is 4.39 Å². The smallest absolute Gasteiger partial charge is 0.177 e. The molecule has 1 aliphatic rings. The Labute approximate surface area is 177 Å². The Hall–Kier alpha value is -3.64. The van der Waals surface area contributed by atoms with Crippen LogP contribution in [0.2, 0.25) is 0 Å². The number of hydrogen-bond acceptors (Lipinski definition) is 6. The average Bonchev–Trinajstić information content (AvgIpc) is 3.52. The highest BCUT2D eigenvalue weighted by Crippen LogP contribution is 2.36. The van der Waals surface area contributed by atoms with Crippen molar-refractivity contribution in [3.05, 3.63) is 54.4 Å². The molecule has 9 heteroatoms. The Morgan fingerprint density at radius 2 is 2.00 bits per heavy atom. The molecule has 0 saturated heterocycles. The number of fused-ring (bicyclic) bond motifs is 1. The van der Waals surface area contributed by atoms with E-state index in [9.17, 15) is 14.8 Å². The van der Waals surface area contributed by atoms with Gasteiger partial charge in [0.2, 0.25) is 0 Å². The van der Waals surface area contributed by atoms with Crippen molar-refractivity contribution in [1.29, 1.82) is 5.26 Å². The molecule has 0 unspecified atom stereocenters. The van der Waals surface area contributed by atoms with Crippen LogP contribution >= 0.6 is 0 Å². The first-order valence-corrected chi connectivity index (χ1v) is 10.2. The van der Waals surface area contributed by atoms with Gasteiger partial charge in [-0.05, 0) is 37.1 Å². The standard InChI is InChI=1S/C22H20FN7O/c23-22(6-1-2-7-22)14-29-12-16(11-25-29)18-4-3-17(10-24)26-21(18)15-5-8-30-20(9-15)27-19(13-31)28-30/h3-5,8-9,11-12,31H,1-2,6-7,13-14H2. The largest absolute Gasteiger partial charge is 0.388 e. The van der Waals surface area contributed by atoms with Crippen LogP contribution in [-0.4, -0.2) is 40.1 Å². The molecule has 1 aliphatic carbocycles. The molecule has 0 amide bonds. The molecule has 0 spiro atoms. The Bertz CT molecular complexity index is 1300. The van der Waals surface area contributed by atoms with Crippen molar-refractivity contribution in [2.24, 2.45) is 0 Å².